The second-order valence-electron chi connectivity index (χ2n) is 6.47. The van der Waals surface area contributed by atoms with E-state index < -0.39 is 6.10 Å². The number of ketones is 1. The number of phenols is 2. The molecule has 0 radical (unpaired) electrons. The molecular formula is C21H26O5S. The van der Waals surface area contributed by atoms with Gasteiger partial charge in [-0.05, 0) is 50.1 Å². The lowest BCUT2D eigenvalue weighted by Crippen LogP contribution is -2.20. The summed E-state index contributed by atoms with van der Waals surface area (Å²) in [6, 6.07) is 8.61. The Labute approximate surface area is 164 Å². The van der Waals surface area contributed by atoms with Gasteiger partial charge in [-0.3, -0.25) is 4.79 Å². The molecule has 27 heavy (non-hydrogen) atoms. The van der Waals surface area contributed by atoms with Crippen molar-refractivity contribution in [2.75, 3.05) is 12.4 Å². The van der Waals surface area contributed by atoms with E-state index in [9.17, 15) is 20.1 Å². The van der Waals surface area contributed by atoms with Crippen molar-refractivity contribution in [3.8, 4) is 17.2 Å². The smallest absolute Gasteiger partial charge is 0.163 e. The molecule has 1 atom stereocenters. The van der Waals surface area contributed by atoms with E-state index in [0.717, 1.165) is 16.9 Å². The first-order valence-corrected chi connectivity index (χ1v) is 9.91. The molecule has 0 aromatic heterocycles. The van der Waals surface area contributed by atoms with Crippen molar-refractivity contribution in [3.05, 3.63) is 47.0 Å². The lowest BCUT2D eigenvalue weighted by atomic mass is 10.0. The molecule has 0 spiro atoms. The molecule has 5 nitrogen and oxygen atoms in total. The van der Waals surface area contributed by atoms with Gasteiger partial charge in [0, 0.05) is 16.2 Å². The monoisotopic (exact) mass is 390 g/mol. The normalized spacial score (nSPS) is 12.0. The highest BCUT2D eigenvalue weighted by Crippen LogP contribution is 2.33. The van der Waals surface area contributed by atoms with Crippen LogP contribution in [0, 0.1) is 6.92 Å². The maximum absolute atomic E-state index is 11.6. The number of ether oxygens (including phenoxy) is 1. The number of aromatic hydroxyl groups is 2. The fraction of sp³-hybridized carbons (Fsp3) is 0.381. The molecule has 0 amide bonds. The maximum atomic E-state index is 11.6. The summed E-state index contributed by atoms with van der Waals surface area (Å²) in [5.74, 6) is 0.880. The number of benzene rings is 2. The topological polar surface area (TPSA) is 87.0 Å². The summed E-state index contributed by atoms with van der Waals surface area (Å²) >= 11 is 1.43. The summed E-state index contributed by atoms with van der Waals surface area (Å²) in [5, 5.41) is 30.3. The van der Waals surface area contributed by atoms with E-state index in [-0.39, 0.29) is 29.5 Å². The van der Waals surface area contributed by atoms with E-state index in [1.54, 1.807) is 18.2 Å². The number of hydrogen-bond acceptors (Lipinski definition) is 6. The maximum Gasteiger partial charge on any atom is 0.163 e. The van der Waals surface area contributed by atoms with Gasteiger partial charge in [-0.25, -0.2) is 0 Å². The average molecular weight is 391 g/mol. The molecule has 0 aliphatic heterocycles. The van der Waals surface area contributed by atoms with Gasteiger partial charge in [-0.1, -0.05) is 19.4 Å². The van der Waals surface area contributed by atoms with Crippen LogP contribution in [0.15, 0.2) is 35.2 Å². The molecule has 0 bridgehead atoms. The van der Waals surface area contributed by atoms with E-state index in [4.69, 9.17) is 4.74 Å². The summed E-state index contributed by atoms with van der Waals surface area (Å²) in [4.78, 5) is 12.5. The number of hydrogen-bond donors (Lipinski definition) is 3. The van der Waals surface area contributed by atoms with Crippen LogP contribution < -0.4 is 4.74 Å². The Morgan fingerprint density at radius 1 is 1.22 bits per heavy atom. The molecule has 0 fully saturated rings. The first-order valence-electron chi connectivity index (χ1n) is 8.92. The van der Waals surface area contributed by atoms with Crippen LogP contribution in [0.3, 0.4) is 0 Å². The van der Waals surface area contributed by atoms with Crippen LogP contribution >= 0.6 is 11.8 Å². The Balaban J connectivity index is 1.99. The first kappa shape index (κ1) is 21.1. The second-order valence-corrected chi connectivity index (χ2v) is 7.56. The standard InChI is InChI=1S/C21H26O5S/c1-4-5-18-20(9-8-17(14(3)22)21(18)25)26-11-15(23)12-27-16-7-6-13(2)19(24)10-16/h6-10,15,23-25H,4-5,11-12H2,1-3H3. The molecule has 146 valence electrons. The van der Waals surface area contributed by atoms with Gasteiger partial charge in [0.25, 0.3) is 0 Å². The number of aryl methyl sites for hydroxylation is 1. The highest BCUT2D eigenvalue weighted by Gasteiger charge is 2.17. The third kappa shape index (κ3) is 5.65. The Kier molecular flexibility index (Phi) is 7.56. The van der Waals surface area contributed by atoms with Crippen molar-refractivity contribution in [2.45, 2.75) is 44.6 Å². The van der Waals surface area contributed by atoms with E-state index in [1.165, 1.54) is 18.7 Å². The van der Waals surface area contributed by atoms with E-state index in [2.05, 4.69) is 0 Å². The van der Waals surface area contributed by atoms with Gasteiger partial charge in [0.1, 0.15) is 23.9 Å². The third-order valence-electron chi connectivity index (χ3n) is 4.17. The summed E-state index contributed by atoms with van der Waals surface area (Å²) in [6.45, 7) is 5.29. The van der Waals surface area contributed by atoms with Crippen LogP contribution in [0.2, 0.25) is 0 Å². The Bertz CT molecular complexity index is 803. The van der Waals surface area contributed by atoms with Crippen molar-refractivity contribution in [3.63, 3.8) is 0 Å². The highest BCUT2D eigenvalue weighted by molar-refractivity contribution is 7.99. The fourth-order valence-electron chi connectivity index (χ4n) is 2.63. The summed E-state index contributed by atoms with van der Waals surface area (Å²) < 4.78 is 5.71. The minimum atomic E-state index is -0.720. The molecule has 0 aliphatic carbocycles. The number of rotatable bonds is 9. The molecule has 0 saturated carbocycles. The van der Waals surface area contributed by atoms with Gasteiger partial charge in [-0.2, -0.15) is 0 Å². The zero-order chi connectivity index (χ0) is 20.0. The molecule has 2 rings (SSSR count). The Hall–Kier alpha value is -2.18. The van der Waals surface area contributed by atoms with Crippen molar-refractivity contribution >= 4 is 17.5 Å². The Morgan fingerprint density at radius 3 is 2.59 bits per heavy atom. The SMILES string of the molecule is CCCc1c(OCC(O)CSc2ccc(C)c(O)c2)ccc(C(C)=O)c1O. The van der Waals surface area contributed by atoms with Gasteiger partial charge in [0.2, 0.25) is 0 Å². The summed E-state index contributed by atoms with van der Waals surface area (Å²) in [7, 11) is 0. The Morgan fingerprint density at radius 2 is 1.96 bits per heavy atom. The molecule has 1 unspecified atom stereocenters. The predicted octanol–water partition coefficient (Wildman–Crippen LogP) is 4.09. The number of carbonyl (C=O) groups excluding carboxylic acids is 1. The van der Waals surface area contributed by atoms with Crippen LogP contribution in [0.25, 0.3) is 0 Å². The minimum absolute atomic E-state index is 0.0409. The fourth-order valence-corrected chi connectivity index (χ4v) is 3.47. The largest absolute Gasteiger partial charge is 0.508 e. The van der Waals surface area contributed by atoms with Crippen molar-refractivity contribution in [1.29, 1.82) is 0 Å². The number of thioether (sulfide) groups is 1. The lowest BCUT2D eigenvalue weighted by Gasteiger charge is -2.17. The van der Waals surface area contributed by atoms with Gasteiger partial charge < -0.3 is 20.1 Å². The molecule has 2 aromatic carbocycles. The third-order valence-corrected chi connectivity index (χ3v) is 5.31. The lowest BCUT2D eigenvalue weighted by molar-refractivity contribution is 0.101. The molecule has 0 heterocycles. The molecule has 3 N–H and O–H groups in total. The van der Waals surface area contributed by atoms with E-state index in [1.807, 2.05) is 26.0 Å². The van der Waals surface area contributed by atoms with Crippen LogP contribution in [0.5, 0.6) is 17.2 Å². The summed E-state index contributed by atoms with van der Waals surface area (Å²) in [6.07, 6.45) is 0.652. The van der Waals surface area contributed by atoms with Crippen LogP contribution in [0.4, 0.5) is 0 Å². The van der Waals surface area contributed by atoms with Crippen molar-refractivity contribution < 1.29 is 24.9 Å². The molecule has 6 heteroatoms. The summed E-state index contributed by atoms with van der Waals surface area (Å²) in [5.41, 5.74) is 1.68. The highest BCUT2D eigenvalue weighted by atomic mass is 32.2. The zero-order valence-electron chi connectivity index (χ0n) is 15.9. The molecule has 0 aliphatic rings. The number of phenolic OH excluding ortho intramolecular Hbond substituents is 2. The van der Waals surface area contributed by atoms with Gasteiger partial charge >= 0.3 is 0 Å². The van der Waals surface area contributed by atoms with Crippen molar-refractivity contribution in [1.82, 2.24) is 0 Å². The van der Waals surface area contributed by atoms with Crippen molar-refractivity contribution in [2.24, 2.45) is 0 Å². The molecule has 2 aromatic rings. The van der Waals surface area contributed by atoms with Crippen LogP contribution in [-0.2, 0) is 6.42 Å². The van der Waals surface area contributed by atoms with Gasteiger partial charge in [-0.15, -0.1) is 11.8 Å². The van der Waals surface area contributed by atoms with Gasteiger partial charge in [0.05, 0.1) is 11.7 Å². The second kappa shape index (κ2) is 9.67. The number of Topliss-reactive ketones (excluding diaryl/α,β-unsaturated/α-hetero) is 1. The first-order chi connectivity index (χ1) is 12.8. The quantitative estimate of drug-likeness (QED) is 0.441. The molecule has 0 saturated heterocycles. The predicted molar refractivity (Wildman–Crippen MR) is 107 cm³/mol. The average Bonchev–Trinajstić information content (AvgIpc) is 2.63. The number of aliphatic hydroxyl groups excluding tert-OH is 1. The van der Waals surface area contributed by atoms with E-state index >= 15 is 0 Å². The van der Waals surface area contributed by atoms with Gasteiger partial charge in [0.15, 0.2) is 5.78 Å². The zero-order valence-corrected chi connectivity index (χ0v) is 16.7. The number of aliphatic hydroxyl groups is 1. The minimum Gasteiger partial charge on any atom is -0.508 e. The molecular weight excluding hydrogens is 364 g/mol. The van der Waals surface area contributed by atoms with Crippen LogP contribution in [-0.4, -0.2) is 39.6 Å². The van der Waals surface area contributed by atoms with E-state index in [0.29, 0.717) is 23.5 Å². The number of carbonyl (C=O) groups is 1. The van der Waals surface area contributed by atoms with Crippen LogP contribution in [0.1, 0.15) is 41.8 Å².